The molecule has 0 saturated heterocycles. The summed E-state index contributed by atoms with van der Waals surface area (Å²) in [4.78, 5) is 4.64. The van der Waals surface area contributed by atoms with Gasteiger partial charge in [0.25, 0.3) is 0 Å². The van der Waals surface area contributed by atoms with Crippen molar-refractivity contribution in [2.75, 3.05) is 13.3 Å². The maximum absolute atomic E-state index is 5.41. The molecule has 0 unspecified atom stereocenters. The lowest BCUT2D eigenvalue weighted by Crippen LogP contribution is -2.37. The minimum atomic E-state index is 0. The number of benzene rings is 1. The standard InChI is InChI=1S/C17H22N6O2.HI/c1-2-18-17(20-10-16-22-21-15-4-3-7-23(15)16)19-9-12-5-6-13-14(8-12)25-11-24-13;/h5-6,8H,2-4,7,9-11H2,1H3,(H2,18,19,20);1H. The maximum atomic E-state index is 5.41. The van der Waals surface area contributed by atoms with E-state index in [0.717, 1.165) is 60.6 Å². The third-order valence-corrected chi connectivity index (χ3v) is 4.30. The van der Waals surface area contributed by atoms with Crippen molar-refractivity contribution in [3.63, 3.8) is 0 Å². The molecule has 2 aliphatic rings. The second kappa shape index (κ2) is 8.56. The number of fused-ring (bicyclic) bond motifs is 2. The van der Waals surface area contributed by atoms with Gasteiger partial charge in [0.2, 0.25) is 6.79 Å². The van der Waals surface area contributed by atoms with Gasteiger partial charge in [0.1, 0.15) is 5.82 Å². The van der Waals surface area contributed by atoms with Gasteiger partial charge in [-0.2, -0.15) is 0 Å². The van der Waals surface area contributed by atoms with Crippen molar-refractivity contribution < 1.29 is 9.47 Å². The van der Waals surface area contributed by atoms with Crippen molar-refractivity contribution in [2.45, 2.75) is 39.4 Å². The second-order valence-electron chi connectivity index (χ2n) is 6.02. The first-order valence-corrected chi connectivity index (χ1v) is 8.65. The zero-order valence-electron chi connectivity index (χ0n) is 14.7. The first kappa shape index (κ1) is 18.7. The van der Waals surface area contributed by atoms with Crippen LogP contribution in [0, 0.1) is 0 Å². The molecule has 140 valence electrons. The molecule has 9 heteroatoms. The summed E-state index contributed by atoms with van der Waals surface area (Å²) in [5.41, 5.74) is 1.07. The van der Waals surface area contributed by atoms with Gasteiger partial charge in [0.05, 0.1) is 13.1 Å². The number of guanidine groups is 1. The highest BCUT2D eigenvalue weighted by molar-refractivity contribution is 14.0. The average molecular weight is 470 g/mol. The molecule has 0 amide bonds. The monoisotopic (exact) mass is 470 g/mol. The number of hydrogen-bond acceptors (Lipinski definition) is 5. The lowest BCUT2D eigenvalue weighted by Gasteiger charge is -2.11. The first-order chi connectivity index (χ1) is 12.3. The van der Waals surface area contributed by atoms with Crippen LogP contribution in [0.2, 0.25) is 0 Å². The Bertz CT molecular complexity index is 792. The molecule has 3 heterocycles. The quantitative estimate of drug-likeness (QED) is 0.394. The molecule has 1 aromatic carbocycles. The van der Waals surface area contributed by atoms with E-state index >= 15 is 0 Å². The van der Waals surface area contributed by atoms with Gasteiger partial charge in [-0.3, -0.25) is 0 Å². The fourth-order valence-corrected chi connectivity index (χ4v) is 3.06. The molecular weight excluding hydrogens is 447 g/mol. The van der Waals surface area contributed by atoms with Crippen molar-refractivity contribution in [1.82, 2.24) is 25.4 Å². The molecule has 26 heavy (non-hydrogen) atoms. The van der Waals surface area contributed by atoms with E-state index in [2.05, 4.69) is 30.4 Å². The first-order valence-electron chi connectivity index (χ1n) is 8.65. The Morgan fingerprint density at radius 2 is 2.12 bits per heavy atom. The zero-order valence-corrected chi connectivity index (χ0v) is 17.0. The molecule has 0 bridgehead atoms. The molecule has 2 aromatic rings. The molecule has 8 nitrogen and oxygen atoms in total. The van der Waals surface area contributed by atoms with Crippen LogP contribution in [-0.2, 0) is 26.1 Å². The highest BCUT2D eigenvalue weighted by Crippen LogP contribution is 2.32. The van der Waals surface area contributed by atoms with Gasteiger partial charge >= 0.3 is 0 Å². The Kier molecular flexibility index (Phi) is 6.17. The number of hydrogen-bond donors (Lipinski definition) is 2. The van der Waals surface area contributed by atoms with E-state index in [0.29, 0.717) is 13.1 Å². The SMILES string of the molecule is CCNC(=NCc1ccc2c(c1)OCO2)NCc1nnc2n1CCC2.I. The van der Waals surface area contributed by atoms with Gasteiger partial charge in [-0.25, -0.2) is 4.99 Å². The van der Waals surface area contributed by atoms with Crippen LogP contribution in [0.3, 0.4) is 0 Å². The van der Waals surface area contributed by atoms with E-state index < -0.39 is 0 Å². The summed E-state index contributed by atoms with van der Waals surface area (Å²) in [5, 5.41) is 15.1. The van der Waals surface area contributed by atoms with Gasteiger partial charge in [-0.05, 0) is 31.0 Å². The van der Waals surface area contributed by atoms with E-state index in [1.165, 1.54) is 0 Å². The van der Waals surface area contributed by atoms with Crippen LogP contribution in [0.25, 0.3) is 0 Å². The fraction of sp³-hybridized carbons (Fsp3) is 0.471. The topological polar surface area (TPSA) is 85.6 Å². The maximum Gasteiger partial charge on any atom is 0.231 e. The van der Waals surface area contributed by atoms with Crippen LogP contribution in [0.5, 0.6) is 11.5 Å². The number of halogens is 1. The van der Waals surface area contributed by atoms with Gasteiger partial charge in [0, 0.05) is 19.5 Å². The lowest BCUT2D eigenvalue weighted by molar-refractivity contribution is 0.174. The minimum Gasteiger partial charge on any atom is -0.454 e. The molecule has 0 spiro atoms. The van der Waals surface area contributed by atoms with E-state index in [1.807, 2.05) is 25.1 Å². The van der Waals surface area contributed by atoms with E-state index in [1.54, 1.807) is 0 Å². The molecule has 0 fully saturated rings. The van der Waals surface area contributed by atoms with E-state index in [-0.39, 0.29) is 30.8 Å². The molecule has 2 aliphatic heterocycles. The van der Waals surface area contributed by atoms with Gasteiger partial charge < -0.3 is 24.7 Å². The number of ether oxygens (including phenoxy) is 2. The molecule has 0 radical (unpaired) electrons. The van der Waals surface area contributed by atoms with E-state index in [9.17, 15) is 0 Å². The van der Waals surface area contributed by atoms with Crippen molar-refractivity contribution in [3.05, 3.63) is 35.4 Å². The fourth-order valence-electron chi connectivity index (χ4n) is 3.06. The second-order valence-corrected chi connectivity index (χ2v) is 6.02. The number of nitrogens with zero attached hydrogens (tertiary/aromatic N) is 4. The summed E-state index contributed by atoms with van der Waals surface area (Å²) < 4.78 is 12.9. The average Bonchev–Trinajstić information content (AvgIpc) is 3.33. The van der Waals surface area contributed by atoms with Crippen LogP contribution in [0.15, 0.2) is 23.2 Å². The van der Waals surface area contributed by atoms with Crippen LogP contribution in [-0.4, -0.2) is 34.1 Å². The summed E-state index contributed by atoms with van der Waals surface area (Å²) >= 11 is 0. The summed E-state index contributed by atoms with van der Waals surface area (Å²) in [6, 6.07) is 5.90. The molecule has 4 rings (SSSR count). The van der Waals surface area contributed by atoms with E-state index in [4.69, 9.17) is 9.47 Å². The molecule has 2 N–H and O–H groups in total. The molecular formula is C17H23IN6O2. The Morgan fingerprint density at radius 1 is 1.23 bits per heavy atom. The Balaban J connectivity index is 0.00000196. The third-order valence-electron chi connectivity index (χ3n) is 4.30. The number of aliphatic imine (C=N–C) groups is 1. The molecule has 0 saturated carbocycles. The molecule has 1 aromatic heterocycles. The highest BCUT2D eigenvalue weighted by atomic mass is 127. The van der Waals surface area contributed by atoms with Crippen LogP contribution < -0.4 is 20.1 Å². The highest BCUT2D eigenvalue weighted by Gasteiger charge is 2.17. The Morgan fingerprint density at radius 3 is 3.00 bits per heavy atom. The van der Waals surface area contributed by atoms with Crippen molar-refractivity contribution in [1.29, 1.82) is 0 Å². The van der Waals surface area contributed by atoms with Gasteiger partial charge in [0.15, 0.2) is 23.3 Å². The smallest absolute Gasteiger partial charge is 0.231 e. The number of aromatic nitrogens is 3. The lowest BCUT2D eigenvalue weighted by atomic mass is 10.2. The Hall–Kier alpha value is -2.04. The van der Waals surface area contributed by atoms with Crippen molar-refractivity contribution in [3.8, 4) is 11.5 Å². The normalized spacial score (nSPS) is 14.7. The number of nitrogens with one attached hydrogen (secondary N) is 2. The van der Waals surface area contributed by atoms with Gasteiger partial charge in [-0.1, -0.05) is 6.07 Å². The zero-order chi connectivity index (χ0) is 17.1. The third kappa shape index (κ3) is 4.02. The summed E-state index contributed by atoms with van der Waals surface area (Å²) in [7, 11) is 0. The predicted molar refractivity (Wildman–Crippen MR) is 108 cm³/mol. The summed E-state index contributed by atoms with van der Waals surface area (Å²) in [6.45, 7) is 5.31. The predicted octanol–water partition coefficient (Wildman–Crippen LogP) is 1.83. The molecule has 0 aliphatic carbocycles. The van der Waals surface area contributed by atoms with Crippen LogP contribution in [0.4, 0.5) is 0 Å². The summed E-state index contributed by atoms with van der Waals surface area (Å²) in [6.07, 6.45) is 2.17. The van der Waals surface area contributed by atoms with Gasteiger partial charge in [-0.15, -0.1) is 34.2 Å². The number of aryl methyl sites for hydroxylation is 1. The molecule has 0 atom stereocenters. The summed E-state index contributed by atoms with van der Waals surface area (Å²) in [5.74, 6) is 4.37. The Labute approximate surface area is 169 Å². The van der Waals surface area contributed by atoms with Crippen molar-refractivity contribution >= 4 is 29.9 Å². The van der Waals surface area contributed by atoms with Crippen LogP contribution >= 0.6 is 24.0 Å². The van der Waals surface area contributed by atoms with Crippen LogP contribution in [0.1, 0.15) is 30.6 Å². The number of rotatable bonds is 5. The largest absolute Gasteiger partial charge is 0.454 e. The minimum absolute atomic E-state index is 0. The van der Waals surface area contributed by atoms with Crippen molar-refractivity contribution in [2.24, 2.45) is 4.99 Å².